The Morgan fingerprint density at radius 3 is 1.81 bits per heavy atom. The Bertz CT molecular complexity index is 635. The van der Waals surface area contributed by atoms with Crippen molar-refractivity contribution in [3.8, 4) is 0 Å². The van der Waals surface area contributed by atoms with E-state index in [4.69, 9.17) is 0 Å². The Morgan fingerprint density at radius 2 is 1.43 bits per heavy atom. The summed E-state index contributed by atoms with van der Waals surface area (Å²) in [7, 11) is 1.71. The van der Waals surface area contributed by atoms with Crippen molar-refractivity contribution in [3.63, 3.8) is 0 Å². The minimum atomic E-state index is -3.51. The van der Waals surface area contributed by atoms with Gasteiger partial charge in [-0.1, -0.05) is 35.9 Å². The molecule has 2 rings (SSSR count). The number of benzene rings is 2. The van der Waals surface area contributed by atoms with E-state index < -0.39 is 10.1 Å². The van der Waals surface area contributed by atoms with Crippen LogP contribution < -0.4 is 4.90 Å². The maximum absolute atomic E-state index is 11.1. The minimum absolute atomic E-state index is 0.190. The molecule has 0 atom stereocenters. The third kappa shape index (κ3) is 5.57. The second-order valence-corrected chi connectivity index (χ2v) is 6.38. The number of rotatable bonds is 3. The van der Waals surface area contributed by atoms with Crippen LogP contribution in [0.15, 0.2) is 59.5 Å². The van der Waals surface area contributed by atoms with Gasteiger partial charge in [-0.15, -0.1) is 0 Å². The van der Waals surface area contributed by atoms with Crippen molar-refractivity contribution in [1.82, 2.24) is 0 Å². The molecule has 0 aromatic heterocycles. The molecule has 0 spiro atoms. The highest BCUT2D eigenvalue weighted by Crippen LogP contribution is 2.11. The van der Waals surface area contributed by atoms with Crippen LogP contribution in [0, 0.1) is 6.92 Å². The van der Waals surface area contributed by atoms with Crippen LogP contribution >= 0.6 is 0 Å². The topological polar surface area (TPSA) is 46.6 Å². The Labute approximate surface area is 127 Å². The van der Waals surface area contributed by atoms with E-state index in [-0.39, 0.29) is 4.90 Å². The lowest BCUT2D eigenvalue weighted by atomic mass is 10.2. The predicted molar refractivity (Wildman–Crippen MR) is 86.1 cm³/mol. The molecule has 5 heteroatoms. The molecule has 0 fully saturated rings. The maximum atomic E-state index is 11.1. The minimum Gasteiger partial charge on any atom is -0.378 e. The van der Waals surface area contributed by atoms with Gasteiger partial charge in [-0.3, -0.25) is 4.18 Å². The third-order valence-electron chi connectivity index (χ3n) is 2.80. The van der Waals surface area contributed by atoms with Gasteiger partial charge in [-0.05, 0) is 31.2 Å². The van der Waals surface area contributed by atoms with Gasteiger partial charge >= 0.3 is 0 Å². The largest absolute Gasteiger partial charge is 0.378 e. The molecule has 0 aliphatic rings. The average Bonchev–Trinajstić information content (AvgIpc) is 2.49. The van der Waals surface area contributed by atoms with Gasteiger partial charge in [-0.25, -0.2) is 0 Å². The molecule has 0 aliphatic carbocycles. The van der Waals surface area contributed by atoms with Crippen molar-refractivity contribution in [2.75, 3.05) is 26.1 Å². The van der Waals surface area contributed by atoms with Crippen molar-refractivity contribution in [1.29, 1.82) is 0 Å². The second-order valence-electron chi connectivity index (χ2n) is 4.66. The number of para-hydroxylation sites is 1. The number of aryl methyl sites for hydroxylation is 1. The van der Waals surface area contributed by atoms with Crippen molar-refractivity contribution < 1.29 is 12.6 Å². The lowest BCUT2D eigenvalue weighted by Crippen LogP contribution is -2.07. The van der Waals surface area contributed by atoms with Gasteiger partial charge in [0.05, 0.1) is 12.0 Å². The Morgan fingerprint density at radius 1 is 0.905 bits per heavy atom. The molecule has 21 heavy (non-hydrogen) atoms. The van der Waals surface area contributed by atoms with Crippen LogP contribution in [0.2, 0.25) is 0 Å². The molecule has 0 saturated heterocycles. The zero-order valence-electron chi connectivity index (χ0n) is 12.8. The van der Waals surface area contributed by atoms with Gasteiger partial charge in [0.25, 0.3) is 10.1 Å². The normalized spacial score (nSPS) is 10.5. The van der Waals surface area contributed by atoms with E-state index >= 15 is 0 Å². The molecule has 4 nitrogen and oxygen atoms in total. The lowest BCUT2D eigenvalue weighted by molar-refractivity contribution is 0.398. The summed E-state index contributed by atoms with van der Waals surface area (Å²) < 4.78 is 26.5. The first-order valence-electron chi connectivity index (χ1n) is 6.46. The summed E-state index contributed by atoms with van der Waals surface area (Å²) in [4.78, 5) is 2.27. The number of hydrogen-bond acceptors (Lipinski definition) is 4. The Kier molecular flexibility index (Phi) is 6.39. The predicted octanol–water partition coefficient (Wildman–Crippen LogP) is 3.08. The molecule has 2 aromatic rings. The Balaban J connectivity index is 0.000000219. The third-order valence-corrected chi connectivity index (χ3v) is 4.09. The van der Waals surface area contributed by atoms with E-state index in [1.54, 1.807) is 12.1 Å². The zero-order valence-corrected chi connectivity index (χ0v) is 13.6. The van der Waals surface area contributed by atoms with Crippen LogP contribution in [0.3, 0.4) is 0 Å². The fourth-order valence-electron chi connectivity index (χ4n) is 1.53. The molecule has 0 heterocycles. The molecular formula is C16H21NO3S. The SMILES string of the molecule is CN(C)c1ccccc1.COS(=O)(=O)c1ccc(C)cc1. The smallest absolute Gasteiger partial charge is 0.296 e. The fourth-order valence-corrected chi connectivity index (χ4v) is 2.19. The van der Waals surface area contributed by atoms with E-state index in [1.165, 1.54) is 17.8 Å². The maximum Gasteiger partial charge on any atom is 0.296 e. The summed E-state index contributed by atoms with van der Waals surface area (Å²) in [5.74, 6) is 0. The highest BCUT2D eigenvalue weighted by molar-refractivity contribution is 7.86. The van der Waals surface area contributed by atoms with Gasteiger partial charge in [0, 0.05) is 19.8 Å². The van der Waals surface area contributed by atoms with Gasteiger partial charge < -0.3 is 4.90 Å². The van der Waals surface area contributed by atoms with Crippen LogP contribution in [0.5, 0.6) is 0 Å². The van der Waals surface area contributed by atoms with Gasteiger partial charge in [0.2, 0.25) is 0 Å². The van der Waals surface area contributed by atoms with Crippen LogP contribution in [-0.4, -0.2) is 29.6 Å². The molecule has 114 valence electrons. The molecule has 0 saturated carbocycles. The first-order valence-corrected chi connectivity index (χ1v) is 7.87. The van der Waals surface area contributed by atoms with E-state index in [0.717, 1.165) is 12.7 Å². The van der Waals surface area contributed by atoms with Crippen molar-refractivity contribution >= 4 is 15.8 Å². The quantitative estimate of drug-likeness (QED) is 0.818. The summed E-state index contributed by atoms with van der Waals surface area (Å²) in [6, 6.07) is 16.8. The van der Waals surface area contributed by atoms with Crippen LogP contribution in [-0.2, 0) is 14.3 Å². The highest BCUT2D eigenvalue weighted by atomic mass is 32.2. The van der Waals surface area contributed by atoms with Crippen LogP contribution in [0.4, 0.5) is 5.69 Å². The number of hydrogen-bond donors (Lipinski definition) is 0. The number of nitrogens with zero attached hydrogens (tertiary/aromatic N) is 1. The van der Waals surface area contributed by atoms with E-state index in [0.29, 0.717) is 0 Å². The average molecular weight is 307 g/mol. The molecule has 0 unspecified atom stereocenters. The summed E-state index contributed by atoms with van der Waals surface area (Å²) in [6.07, 6.45) is 0. The van der Waals surface area contributed by atoms with Crippen molar-refractivity contribution in [2.24, 2.45) is 0 Å². The van der Waals surface area contributed by atoms with Crippen molar-refractivity contribution in [2.45, 2.75) is 11.8 Å². The highest BCUT2D eigenvalue weighted by Gasteiger charge is 2.10. The van der Waals surface area contributed by atoms with Gasteiger partial charge in [0.1, 0.15) is 0 Å². The monoisotopic (exact) mass is 307 g/mol. The molecule has 0 N–H and O–H groups in total. The lowest BCUT2D eigenvalue weighted by Gasteiger charge is -2.10. The van der Waals surface area contributed by atoms with Crippen LogP contribution in [0.1, 0.15) is 5.56 Å². The standard InChI is InChI=1S/C8H11N.C8H10O3S/c1-9(2)8-6-4-3-5-7-8;1-7-3-5-8(6-4-7)12(9,10)11-2/h3-7H,1-2H3;3-6H,1-2H3. The van der Waals surface area contributed by atoms with E-state index in [2.05, 4.69) is 21.2 Å². The van der Waals surface area contributed by atoms with E-state index in [9.17, 15) is 8.42 Å². The Hall–Kier alpha value is -1.85. The first-order chi connectivity index (χ1) is 9.86. The van der Waals surface area contributed by atoms with Gasteiger partial charge in [0.15, 0.2) is 0 Å². The first kappa shape index (κ1) is 17.2. The summed E-state index contributed by atoms with van der Waals surface area (Å²) in [5.41, 5.74) is 2.27. The van der Waals surface area contributed by atoms with Crippen LogP contribution in [0.25, 0.3) is 0 Å². The van der Waals surface area contributed by atoms with Gasteiger partial charge in [-0.2, -0.15) is 8.42 Å². The van der Waals surface area contributed by atoms with Crippen molar-refractivity contribution in [3.05, 3.63) is 60.2 Å². The number of anilines is 1. The molecule has 0 bridgehead atoms. The summed E-state index contributed by atoms with van der Waals surface area (Å²) in [6.45, 7) is 1.89. The summed E-state index contributed by atoms with van der Waals surface area (Å²) >= 11 is 0. The summed E-state index contributed by atoms with van der Waals surface area (Å²) in [5, 5.41) is 0. The molecule has 0 aliphatic heterocycles. The van der Waals surface area contributed by atoms with E-state index in [1.807, 2.05) is 39.2 Å². The molecular weight excluding hydrogens is 286 g/mol. The fraction of sp³-hybridized carbons (Fsp3) is 0.250. The molecule has 0 amide bonds. The second kappa shape index (κ2) is 7.81. The zero-order chi connectivity index (χ0) is 15.9. The molecule has 2 aromatic carbocycles. The molecule has 0 radical (unpaired) electrons.